The van der Waals surface area contributed by atoms with E-state index in [-0.39, 0.29) is 59.3 Å². The number of nitrogens with zero attached hydrogens (tertiary/aromatic N) is 3. The molecule has 2 saturated heterocycles. The molecule has 0 bridgehead atoms. The van der Waals surface area contributed by atoms with Gasteiger partial charge in [0.05, 0.1) is 12.1 Å². The Kier molecular flexibility index (Phi) is 22.4. The number of nitrogens with two attached hydrogens (primary N) is 3. The van der Waals surface area contributed by atoms with Crippen LogP contribution in [0.15, 0.2) is 211 Å². The van der Waals surface area contributed by atoms with E-state index in [1.165, 1.54) is 22.3 Å². The molecule has 0 aromatic heterocycles. The van der Waals surface area contributed by atoms with Gasteiger partial charge in [0, 0.05) is 87.2 Å². The first-order valence-corrected chi connectivity index (χ1v) is 30.4. The maximum atomic E-state index is 14.0. The number of Topliss-reactive ketones (excluding diaryl/α,β-unsaturated/α-hetero) is 2. The van der Waals surface area contributed by atoms with E-state index in [4.69, 9.17) is 17.2 Å². The number of ketones is 2. The molecule has 8 aromatic carbocycles. The minimum Gasteiger partial charge on any atom is -0.370 e. The summed E-state index contributed by atoms with van der Waals surface area (Å²) >= 11 is 0. The standard InChI is InChI=1S/C36H41N5O2.C36H40N4O3/c37-36(38)39-22-9-16-33-35(43)41(25-32(27-11-3-1-4-12-27)28-13-5-2-6-14-28)23-21-31(40-33)19-20-34(42)30-18-17-26-10-7-8-15-29(26)24-30;37-36(43)38-22-9-16-33-35(42)40(25-32(27-11-3-1-4-12-27)28-13-5-2-6-14-28)23-21-31(39-33)19-20-34(41)30-18-17-26-10-7-8-15-29(26)24-30/h1-8,10-15,17-18,24,31-33,40H,9,16,19-23,25H2,(H4,37,38,39);1-8,10-15,17-18,24,31-33,39H,9,16,19-23,25H2,(H3,37,38,43)/t31-,33+;31-,33-/m01/s1. The van der Waals surface area contributed by atoms with Crippen molar-refractivity contribution in [2.45, 2.75) is 100 Å². The Bertz CT molecular complexity index is 3450. The zero-order valence-corrected chi connectivity index (χ0v) is 49.0. The summed E-state index contributed by atoms with van der Waals surface area (Å²) in [4.78, 5) is 73.7. The van der Waals surface area contributed by atoms with Crippen molar-refractivity contribution >= 4 is 56.9 Å². The Morgan fingerprint density at radius 3 is 1.23 bits per heavy atom. The van der Waals surface area contributed by atoms with Gasteiger partial charge in [-0.3, -0.25) is 24.2 Å². The van der Waals surface area contributed by atoms with Gasteiger partial charge in [0.1, 0.15) is 0 Å². The Morgan fingerprint density at radius 2 is 0.849 bits per heavy atom. The molecule has 8 aromatic rings. The van der Waals surface area contributed by atoms with Gasteiger partial charge in [-0.1, -0.05) is 194 Å². The fourth-order valence-corrected chi connectivity index (χ4v) is 12.0. The van der Waals surface area contributed by atoms with Crippen molar-refractivity contribution in [2.75, 3.05) is 39.3 Å². The lowest BCUT2D eigenvalue weighted by atomic mass is 9.90. The summed E-state index contributed by atoms with van der Waals surface area (Å²) in [5, 5.41) is 14.2. The molecule has 4 atom stereocenters. The maximum absolute atomic E-state index is 14.0. The van der Waals surface area contributed by atoms with Crippen molar-refractivity contribution in [1.29, 1.82) is 0 Å². The Labute approximate surface area is 505 Å². The first kappa shape index (κ1) is 61.6. The fraction of sp³-hybridized carbons (Fsp3) is 0.306. The highest BCUT2D eigenvalue weighted by atomic mass is 16.2. The molecule has 2 aliphatic rings. The summed E-state index contributed by atoms with van der Waals surface area (Å²) in [6.45, 7) is 3.25. The molecule has 9 N–H and O–H groups in total. The molecule has 14 heteroatoms. The van der Waals surface area contributed by atoms with Gasteiger partial charge in [0.25, 0.3) is 0 Å². The molecule has 444 valence electrons. The van der Waals surface area contributed by atoms with Crippen molar-refractivity contribution in [3.05, 3.63) is 240 Å². The van der Waals surface area contributed by atoms with Crippen molar-refractivity contribution in [3.63, 3.8) is 0 Å². The predicted molar refractivity (Wildman–Crippen MR) is 345 cm³/mol. The quantitative estimate of drug-likeness (QED) is 0.0147. The van der Waals surface area contributed by atoms with Gasteiger partial charge in [-0.25, -0.2) is 4.79 Å². The molecule has 10 rings (SSSR count). The lowest BCUT2D eigenvalue weighted by Crippen LogP contribution is -2.47. The third-order valence-electron chi connectivity index (χ3n) is 16.7. The highest BCUT2D eigenvalue weighted by Gasteiger charge is 2.34. The summed E-state index contributed by atoms with van der Waals surface area (Å²) in [5.74, 6) is 0.520. The van der Waals surface area contributed by atoms with Crippen LogP contribution in [0.4, 0.5) is 4.79 Å². The normalized spacial score (nSPS) is 17.1. The average molecular weight is 1150 g/mol. The first-order valence-electron chi connectivity index (χ1n) is 30.4. The number of benzene rings is 8. The van der Waals surface area contributed by atoms with E-state index >= 15 is 0 Å². The van der Waals surface area contributed by atoms with Crippen LogP contribution in [0, 0.1) is 0 Å². The lowest BCUT2D eigenvalue weighted by molar-refractivity contribution is -0.133. The van der Waals surface area contributed by atoms with E-state index in [2.05, 4.69) is 75.5 Å². The molecule has 0 radical (unpaired) electrons. The van der Waals surface area contributed by atoms with Gasteiger partial charge in [-0.15, -0.1) is 0 Å². The average Bonchev–Trinajstić information content (AvgIpc) is 3.67. The van der Waals surface area contributed by atoms with Crippen LogP contribution in [0.25, 0.3) is 21.5 Å². The van der Waals surface area contributed by atoms with Gasteiger partial charge in [-0.2, -0.15) is 0 Å². The van der Waals surface area contributed by atoms with Crippen LogP contribution in [-0.4, -0.2) is 109 Å². The molecule has 0 saturated carbocycles. The molecule has 0 spiro atoms. The smallest absolute Gasteiger partial charge is 0.312 e. The van der Waals surface area contributed by atoms with Crippen LogP contribution in [0.1, 0.15) is 119 Å². The van der Waals surface area contributed by atoms with Crippen LogP contribution in [0.2, 0.25) is 0 Å². The number of aliphatic imine (C=N–C) groups is 1. The maximum Gasteiger partial charge on any atom is 0.312 e. The van der Waals surface area contributed by atoms with Crippen molar-refractivity contribution in [1.82, 2.24) is 25.8 Å². The monoisotopic (exact) mass is 1150 g/mol. The van der Waals surface area contributed by atoms with Crippen LogP contribution < -0.4 is 33.2 Å². The second kappa shape index (κ2) is 31.2. The highest BCUT2D eigenvalue weighted by molar-refractivity contribution is 6.01. The molecule has 86 heavy (non-hydrogen) atoms. The summed E-state index contributed by atoms with van der Waals surface area (Å²) in [6, 6.07) is 67.9. The van der Waals surface area contributed by atoms with Crippen molar-refractivity contribution < 1.29 is 24.0 Å². The number of carbonyl (C=O) groups is 5. The number of urea groups is 1. The van der Waals surface area contributed by atoms with E-state index in [0.717, 1.165) is 39.9 Å². The number of hydrogen-bond donors (Lipinski definition) is 6. The number of nitrogens with one attached hydrogen (secondary N) is 3. The van der Waals surface area contributed by atoms with Crippen molar-refractivity contribution in [2.24, 2.45) is 22.2 Å². The number of rotatable bonds is 24. The largest absolute Gasteiger partial charge is 0.370 e. The summed E-state index contributed by atoms with van der Waals surface area (Å²) < 4.78 is 0. The minimum absolute atomic E-state index is 0.0133. The Hall–Kier alpha value is -8.98. The van der Waals surface area contributed by atoms with E-state index in [1.54, 1.807) is 0 Å². The molecule has 0 unspecified atom stereocenters. The number of carbonyl (C=O) groups excluding carboxylic acids is 5. The lowest BCUT2D eigenvalue weighted by Gasteiger charge is -2.29. The Balaban J connectivity index is 0.000000205. The third-order valence-corrected chi connectivity index (χ3v) is 16.7. The molecule has 4 amide bonds. The highest BCUT2D eigenvalue weighted by Crippen LogP contribution is 2.30. The number of amides is 4. The van der Waals surface area contributed by atoms with E-state index in [0.29, 0.717) is 96.2 Å². The fourth-order valence-electron chi connectivity index (χ4n) is 12.0. The first-order chi connectivity index (χ1) is 41.9. The predicted octanol–water partition coefficient (Wildman–Crippen LogP) is 10.9. The molecule has 14 nitrogen and oxygen atoms in total. The second-order valence-corrected chi connectivity index (χ2v) is 22.7. The van der Waals surface area contributed by atoms with Crippen LogP contribution in [-0.2, 0) is 9.59 Å². The summed E-state index contributed by atoms with van der Waals surface area (Å²) in [6.07, 6.45) is 6.12. The number of hydrogen-bond acceptors (Lipinski definition) is 8. The van der Waals surface area contributed by atoms with Crippen LogP contribution in [0.5, 0.6) is 0 Å². The SMILES string of the molecule is NC(=O)NCCC[C@H]1N[C@H](CCC(=O)c2ccc3ccccc3c2)CCN(CC(c2ccccc2)c2ccccc2)C1=O.NC(N)=NCCC[C@H]1N[C@@H](CCC(=O)c2ccc3ccccc3c2)CCN(CC(c2ccccc2)c2ccccc2)C1=O. The zero-order chi connectivity index (χ0) is 60.0. The van der Waals surface area contributed by atoms with Gasteiger partial charge < -0.3 is 43.0 Å². The molecule has 2 heterocycles. The summed E-state index contributed by atoms with van der Waals surface area (Å²) in [7, 11) is 0. The topological polar surface area (TPSA) is 218 Å². The van der Waals surface area contributed by atoms with Crippen molar-refractivity contribution in [3.8, 4) is 0 Å². The van der Waals surface area contributed by atoms with Gasteiger partial charge in [0.15, 0.2) is 17.5 Å². The number of primary amides is 1. The third kappa shape index (κ3) is 17.6. The van der Waals surface area contributed by atoms with Gasteiger partial charge in [0.2, 0.25) is 11.8 Å². The summed E-state index contributed by atoms with van der Waals surface area (Å²) in [5.41, 5.74) is 22.4. The van der Waals surface area contributed by atoms with Crippen LogP contribution in [0.3, 0.4) is 0 Å². The molecule has 0 aliphatic carbocycles. The van der Waals surface area contributed by atoms with Crippen LogP contribution >= 0.6 is 0 Å². The van der Waals surface area contributed by atoms with Gasteiger partial charge in [-0.05, 0) is 107 Å². The zero-order valence-electron chi connectivity index (χ0n) is 49.0. The van der Waals surface area contributed by atoms with E-state index in [9.17, 15) is 24.0 Å². The van der Waals surface area contributed by atoms with E-state index < -0.39 is 12.1 Å². The molecular formula is C72H81N9O5. The number of guanidine groups is 1. The van der Waals surface area contributed by atoms with E-state index in [1.807, 2.05) is 161 Å². The molecule has 2 fully saturated rings. The van der Waals surface area contributed by atoms with Gasteiger partial charge >= 0.3 is 6.03 Å². The number of fused-ring (bicyclic) bond motifs is 2. The molecule has 2 aliphatic heterocycles. The Morgan fingerprint density at radius 1 is 0.477 bits per heavy atom. The second-order valence-electron chi connectivity index (χ2n) is 22.7. The molecular weight excluding hydrogens is 1070 g/mol. The minimum atomic E-state index is -0.569.